The van der Waals surface area contributed by atoms with E-state index in [1.54, 1.807) is 12.3 Å². The van der Waals surface area contributed by atoms with E-state index >= 15 is 0 Å². The standard InChI is InChI=1S/C28H33ClN4O2S/c1-33(2)27-12-8-11-23-22(27)10-9-13-28(23)36(34,35)32-18-7-5-3-4-6-17-30-25-16-19-31-26-20-21(29)14-15-24(25)26/h8-16,19-20,32H,3-7,17-18H2,1-2H3,(H,30,31). The molecule has 4 aromatic rings. The van der Waals surface area contributed by atoms with Gasteiger partial charge in [-0.3, -0.25) is 4.98 Å². The van der Waals surface area contributed by atoms with Crippen LogP contribution in [-0.2, 0) is 10.0 Å². The number of halogens is 1. The smallest absolute Gasteiger partial charge is 0.241 e. The molecule has 1 heterocycles. The molecule has 8 heteroatoms. The van der Waals surface area contributed by atoms with E-state index in [2.05, 4.69) is 15.0 Å². The van der Waals surface area contributed by atoms with Gasteiger partial charge in [0.25, 0.3) is 0 Å². The summed E-state index contributed by atoms with van der Waals surface area (Å²) in [4.78, 5) is 6.71. The van der Waals surface area contributed by atoms with Crippen LogP contribution in [0.4, 0.5) is 11.4 Å². The first-order valence-corrected chi connectivity index (χ1v) is 14.2. The fraction of sp³-hybridized carbons (Fsp3) is 0.321. The molecular formula is C28H33ClN4O2S. The number of benzene rings is 3. The van der Waals surface area contributed by atoms with Crippen LogP contribution in [0.15, 0.2) is 71.8 Å². The third kappa shape index (κ3) is 6.27. The molecule has 2 N–H and O–H groups in total. The van der Waals surface area contributed by atoms with Crippen LogP contribution in [0.2, 0.25) is 5.02 Å². The Morgan fingerprint density at radius 2 is 1.56 bits per heavy atom. The van der Waals surface area contributed by atoms with E-state index < -0.39 is 10.0 Å². The lowest BCUT2D eigenvalue weighted by atomic mass is 10.1. The lowest BCUT2D eigenvalue weighted by molar-refractivity contribution is 0.571. The van der Waals surface area contributed by atoms with E-state index in [1.807, 2.05) is 73.6 Å². The average molecular weight is 525 g/mol. The minimum absolute atomic E-state index is 0.334. The first-order valence-electron chi connectivity index (χ1n) is 12.3. The zero-order chi connectivity index (χ0) is 25.5. The molecule has 3 aromatic carbocycles. The van der Waals surface area contributed by atoms with E-state index in [0.717, 1.165) is 71.7 Å². The summed E-state index contributed by atoms with van der Waals surface area (Å²) in [7, 11) is 0.346. The molecule has 0 saturated carbocycles. The van der Waals surface area contributed by atoms with Gasteiger partial charge in [-0.2, -0.15) is 0 Å². The van der Waals surface area contributed by atoms with Crippen LogP contribution >= 0.6 is 11.6 Å². The van der Waals surface area contributed by atoms with Crippen molar-refractivity contribution in [2.24, 2.45) is 0 Å². The van der Waals surface area contributed by atoms with Crippen LogP contribution < -0.4 is 14.9 Å². The Kier molecular flexibility index (Phi) is 8.67. The molecule has 1 aromatic heterocycles. The molecule has 190 valence electrons. The summed E-state index contributed by atoms with van der Waals surface area (Å²) in [5.41, 5.74) is 2.95. The number of nitrogens with one attached hydrogen (secondary N) is 2. The van der Waals surface area contributed by atoms with Gasteiger partial charge in [-0.05, 0) is 49.2 Å². The highest BCUT2D eigenvalue weighted by Crippen LogP contribution is 2.30. The van der Waals surface area contributed by atoms with Crippen LogP contribution in [0.5, 0.6) is 0 Å². The first kappa shape index (κ1) is 26.2. The summed E-state index contributed by atoms with van der Waals surface area (Å²) < 4.78 is 28.8. The summed E-state index contributed by atoms with van der Waals surface area (Å²) >= 11 is 6.06. The Morgan fingerprint density at radius 1 is 0.833 bits per heavy atom. The van der Waals surface area contributed by atoms with Gasteiger partial charge < -0.3 is 10.2 Å². The zero-order valence-corrected chi connectivity index (χ0v) is 22.4. The summed E-state index contributed by atoms with van der Waals surface area (Å²) in [5.74, 6) is 0. The van der Waals surface area contributed by atoms with E-state index in [-0.39, 0.29) is 0 Å². The topological polar surface area (TPSA) is 74.3 Å². The third-order valence-corrected chi connectivity index (χ3v) is 8.05. The second kappa shape index (κ2) is 11.9. The predicted molar refractivity (Wildman–Crippen MR) is 152 cm³/mol. The van der Waals surface area contributed by atoms with Crippen LogP contribution in [0.3, 0.4) is 0 Å². The number of pyridine rings is 1. The largest absolute Gasteiger partial charge is 0.384 e. The lowest BCUT2D eigenvalue weighted by Crippen LogP contribution is -2.25. The van der Waals surface area contributed by atoms with Crippen LogP contribution in [0, 0.1) is 0 Å². The van der Waals surface area contributed by atoms with E-state index in [4.69, 9.17) is 11.6 Å². The number of hydrogen-bond acceptors (Lipinski definition) is 5. The molecule has 0 amide bonds. The number of anilines is 2. The van der Waals surface area contributed by atoms with Gasteiger partial charge in [-0.1, -0.05) is 55.1 Å². The van der Waals surface area contributed by atoms with Gasteiger partial charge in [0.1, 0.15) is 0 Å². The van der Waals surface area contributed by atoms with Gasteiger partial charge in [0.15, 0.2) is 0 Å². The number of aromatic nitrogens is 1. The van der Waals surface area contributed by atoms with Crippen molar-refractivity contribution in [1.82, 2.24) is 9.71 Å². The van der Waals surface area contributed by atoms with Gasteiger partial charge in [0.2, 0.25) is 10.0 Å². The molecule has 0 fully saturated rings. The van der Waals surface area contributed by atoms with Crippen molar-refractivity contribution in [2.75, 3.05) is 37.4 Å². The molecule has 4 rings (SSSR count). The molecular weight excluding hydrogens is 492 g/mol. The third-order valence-electron chi connectivity index (χ3n) is 6.30. The minimum Gasteiger partial charge on any atom is -0.384 e. The van der Waals surface area contributed by atoms with Gasteiger partial charge in [0, 0.05) is 65.9 Å². The fourth-order valence-corrected chi connectivity index (χ4v) is 5.91. The number of nitrogens with zero attached hydrogens (tertiary/aromatic N) is 2. The minimum atomic E-state index is -3.57. The van der Waals surface area contributed by atoms with Crippen molar-refractivity contribution in [2.45, 2.75) is 37.0 Å². The number of fused-ring (bicyclic) bond motifs is 2. The Morgan fingerprint density at radius 3 is 2.36 bits per heavy atom. The molecule has 0 aliphatic rings. The Balaban J connectivity index is 1.20. The molecule has 0 spiro atoms. The van der Waals surface area contributed by atoms with E-state index in [9.17, 15) is 8.42 Å². The quantitative estimate of drug-likeness (QED) is 0.208. The van der Waals surface area contributed by atoms with Crippen molar-refractivity contribution < 1.29 is 8.42 Å². The van der Waals surface area contributed by atoms with Gasteiger partial charge in [0.05, 0.1) is 10.4 Å². The zero-order valence-electron chi connectivity index (χ0n) is 20.8. The van der Waals surface area contributed by atoms with Crippen molar-refractivity contribution in [3.05, 3.63) is 71.9 Å². The van der Waals surface area contributed by atoms with Crippen LogP contribution in [0.25, 0.3) is 21.7 Å². The highest BCUT2D eigenvalue weighted by molar-refractivity contribution is 7.89. The van der Waals surface area contributed by atoms with E-state index in [1.165, 1.54) is 0 Å². The molecule has 36 heavy (non-hydrogen) atoms. The maximum atomic E-state index is 13.0. The molecule has 0 bridgehead atoms. The molecule has 6 nitrogen and oxygen atoms in total. The highest BCUT2D eigenvalue weighted by atomic mass is 35.5. The van der Waals surface area contributed by atoms with Crippen LogP contribution in [0.1, 0.15) is 32.1 Å². The number of unbranched alkanes of at least 4 members (excludes halogenated alkanes) is 4. The second-order valence-corrected chi connectivity index (χ2v) is 11.3. The maximum absolute atomic E-state index is 13.0. The Labute approximate surface area is 218 Å². The van der Waals surface area contributed by atoms with Crippen molar-refractivity contribution in [3.8, 4) is 0 Å². The fourth-order valence-electron chi connectivity index (χ4n) is 4.45. The summed E-state index contributed by atoms with van der Waals surface area (Å²) in [6, 6.07) is 19.0. The van der Waals surface area contributed by atoms with Crippen LogP contribution in [-0.4, -0.2) is 40.6 Å². The van der Waals surface area contributed by atoms with Crippen molar-refractivity contribution >= 4 is 54.7 Å². The lowest BCUT2D eigenvalue weighted by Gasteiger charge is -2.17. The summed E-state index contributed by atoms with van der Waals surface area (Å²) in [5, 5.41) is 6.93. The van der Waals surface area contributed by atoms with Gasteiger partial charge in [-0.15, -0.1) is 0 Å². The Bertz CT molecular complexity index is 1440. The van der Waals surface area contributed by atoms with E-state index in [0.29, 0.717) is 16.5 Å². The molecule has 0 aliphatic carbocycles. The number of rotatable bonds is 12. The molecule has 0 saturated heterocycles. The molecule has 0 unspecified atom stereocenters. The summed E-state index contributed by atoms with van der Waals surface area (Å²) in [6.45, 7) is 1.32. The molecule has 0 aliphatic heterocycles. The maximum Gasteiger partial charge on any atom is 0.241 e. The first-order chi connectivity index (χ1) is 17.4. The molecule has 0 atom stereocenters. The summed E-state index contributed by atoms with van der Waals surface area (Å²) in [6.07, 6.45) is 6.80. The SMILES string of the molecule is CN(C)c1cccc2c(S(=O)(=O)NCCCCCCCNc3ccnc4cc(Cl)ccc34)cccc12. The number of sulfonamides is 1. The van der Waals surface area contributed by atoms with Crippen molar-refractivity contribution in [1.29, 1.82) is 0 Å². The average Bonchev–Trinajstić information content (AvgIpc) is 2.86. The van der Waals surface area contributed by atoms with Crippen molar-refractivity contribution in [3.63, 3.8) is 0 Å². The highest BCUT2D eigenvalue weighted by Gasteiger charge is 2.17. The monoisotopic (exact) mass is 524 g/mol. The molecule has 0 radical (unpaired) electrons. The van der Waals surface area contributed by atoms with Gasteiger partial charge >= 0.3 is 0 Å². The predicted octanol–water partition coefficient (Wildman–Crippen LogP) is 6.45. The Hall–Kier alpha value is -2.87. The number of hydrogen-bond donors (Lipinski definition) is 2. The van der Waals surface area contributed by atoms with Gasteiger partial charge in [-0.25, -0.2) is 13.1 Å². The second-order valence-electron chi connectivity index (χ2n) is 9.14. The normalized spacial score (nSPS) is 11.8.